The summed E-state index contributed by atoms with van der Waals surface area (Å²) >= 11 is 0. The van der Waals surface area contributed by atoms with Crippen molar-refractivity contribution < 1.29 is 14.6 Å². The monoisotopic (exact) mass is 223 g/mol. The van der Waals surface area contributed by atoms with Gasteiger partial charge in [0.15, 0.2) is 0 Å². The van der Waals surface area contributed by atoms with Crippen LogP contribution in [-0.2, 0) is 9.53 Å². The first-order valence-corrected chi connectivity index (χ1v) is 5.21. The molecular weight excluding hydrogens is 206 g/mol. The van der Waals surface area contributed by atoms with Crippen molar-refractivity contribution in [3.05, 3.63) is 35.9 Å². The quantitative estimate of drug-likeness (QED) is 0.747. The molecule has 0 fully saturated rings. The summed E-state index contributed by atoms with van der Waals surface area (Å²) in [6.45, 7) is 3.47. The second kappa shape index (κ2) is 5.63. The number of aliphatic hydroxyl groups excluding tert-OH is 1. The average Bonchev–Trinajstić information content (AvgIpc) is 2.27. The number of nitrogens with two attached hydrogens (primary N) is 1. The molecule has 88 valence electrons. The van der Waals surface area contributed by atoms with E-state index in [9.17, 15) is 9.90 Å². The maximum atomic E-state index is 11.5. The van der Waals surface area contributed by atoms with Crippen LogP contribution in [0.3, 0.4) is 0 Å². The molecule has 0 spiro atoms. The number of aliphatic hydroxyl groups is 1. The molecule has 0 aliphatic heterocycles. The van der Waals surface area contributed by atoms with Gasteiger partial charge >= 0.3 is 5.97 Å². The minimum absolute atomic E-state index is 0.235. The summed E-state index contributed by atoms with van der Waals surface area (Å²) in [4.78, 5) is 11.5. The number of ether oxygens (including phenoxy) is 1. The predicted octanol–water partition coefficient (Wildman–Crippen LogP) is 0.999. The Bertz CT molecular complexity index is 337. The van der Waals surface area contributed by atoms with Gasteiger partial charge in [-0.05, 0) is 19.4 Å². The van der Waals surface area contributed by atoms with Crippen LogP contribution in [0.1, 0.15) is 25.5 Å². The van der Waals surface area contributed by atoms with Gasteiger partial charge in [-0.1, -0.05) is 30.3 Å². The standard InChI is InChI=1S/C12H17NO3/c1-8(2)16-12(15)10(13)11(14)9-6-4-3-5-7-9/h3-8,10-11,14H,13H2,1-2H3. The number of hydrogen-bond acceptors (Lipinski definition) is 4. The molecule has 0 aromatic heterocycles. The molecule has 0 aliphatic rings. The second-order valence-electron chi connectivity index (χ2n) is 3.87. The molecule has 3 N–H and O–H groups in total. The Morgan fingerprint density at radius 2 is 1.88 bits per heavy atom. The maximum absolute atomic E-state index is 11.5. The van der Waals surface area contributed by atoms with E-state index >= 15 is 0 Å². The molecule has 0 bridgehead atoms. The van der Waals surface area contributed by atoms with Gasteiger partial charge in [-0.3, -0.25) is 4.79 Å². The third kappa shape index (κ3) is 3.32. The molecule has 0 heterocycles. The zero-order valence-electron chi connectivity index (χ0n) is 9.46. The lowest BCUT2D eigenvalue weighted by atomic mass is 10.0. The lowest BCUT2D eigenvalue weighted by Gasteiger charge is -2.19. The summed E-state index contributed by atoms with van der Waals surface area (Å²) < 4.78 is 4.93. The van der Waals surface area contributed by atoms with E-state index in [0.29, 0.717) is 5.56 Å². The molecule has 0 saturated heterocycles. The highest BCUT2D eigenvalue weighted by Crippen LogP contribution is 2.16. The van der Waals surface area contributed by atoms with E-state index in [2.05, 4.69) is 0 Å². The fraction of sp³-hybridized carbons (Fsp3) is 0.417. The molecule has 1 aromatic rings. The molecule has 0 saturated carbocycles. The first kappa shape index (κ1) is 12.7. The summed E-state index contributed by atoms with van der Waals surface area (Å²) in [6, 6.07) is 7.76. The van der Waals surface area contributed by atoms with Gasteiger partial charge in [0.2, 0.25) is 0 Å². The van der Waals surface area contributed by atoms with Crippen molar-refractivity contribution in [2.24, 2.45) is 5.73 Å². The number of esters is 1. The predicted molar refractivity (Wildman–Crippen MR) is 60.6 cm³/mol. The minimum atomic E-state index is -1.05. The Hall–Kier alpha value is -1.39. The summed E-state index contributed by atoms with van der Waals surface area (Å²) in [5.41, 5.74) is 6.22. The molecule has 1 aromatic carbocycles. The topological polar surface area (TPSA) is 72.5 Å². The lowest BCUT2D eigenvalue weighted by molar-refractivity contribution is -0.151. The minimum Gasteiger partial charge on any atom is -0.462 e. The van der Waals surface area contributed by atoms with Crippen LogP contribution in [0.2, 0.25) is 0 Å². The van der Waals surface area contributed by atoms with E-state index in [1.807, 2.05) is 6.07 Å². The van der Waals surface area contributed by atoms with Gasteiger partial charge in [0.25, 0.3) is 0 Å². The summed E-state index contributed by atoms with van der Waals surface area (Å²) in [6.07, 6.45) is -1.27. The smallest absolute Gasteiger partial charge is 0.326 e. The molecule has 1 rings (SSSR count). The third-order valence-electron chi connectivity index (χ3n) is 2.11. The Morgan fingerprint density at radius 3 is 2.38 bits per heavy atom. The van der Waals surface area contributed by atoms with Crippen LogP contribution in [0.4, 0.5) is 0 Å². The highest BCUT2D eigenvalue weighted by atomic mass is 16.5. The number of carbonyl (C=O) groups is 1. The summed E-state index contributed by atoms with van der Waals surface area (Å²) in [5.74, 6) is -0.591. The maximum Gasteiger partial charge on any atom is 0.326 e. The van der Waals surface area contributed by atoms with Crippen molar-refractivity contribution in [2.45, 2.75) is 32.1 Å². The Balaban J connectivity index is 2.67. The van der Waals surface area contributed by atoms with Crippen LogP contribution in [0.25, 0.3) is 0 Å². The first-order valence-electron chi connectivity index (χ1n) is 5.21. The van der Waals surface area contributed by atoms with E-state index in [1.165, 1.54) is 0 Å². The van der Waals surface area contributed by atoms with Gasteiger partial charge in [0.1, 0.15) is 12.1 Å². The molecule has 4 nitrogen and oxygen atoms in total. The third-order valence-corrected chi connectivity index (χ3v) is 2.11. The van der Waals surface area contributed by atoms with Gasteiger partial charge in [0.05, 0.1) is 6.10 Å². The fourth-order valence-electron chi connectivity index (χ4n) is 1.30. The van der Waals surface area contributed by atoms with E-state index < -0.39 is 18.1 Å². The van der Waals surface area contributed by atoms with Gasteiger partial charge in [-0.25, -0.2) is 0 Å². The lowest BCUT2D eigenvalue weighted by Crippen LogP contribution is -2.39. The molecule has 2 atom stereocenters. The Kier molecular flexibility index (Phi) is 4.46. The molecule has 0 radical (unpaired) electrons. The number of hydrogen-bond donors (Lipinski definition) is 2. The van der Waals surface area contributed by atoms with Crippen LogP contribution in [0, 0.1) is 0 Å². The van der Waals surface area contributed by atoms with Crippen LogP contribution < -0.4 is 5.73 Å². The molecule has 0 aliphatic carbocycles. The van der Waals surface area contributed by atoms with Gasteiger partial charge in [-0.15, -0.1) is 0 Å². The molecular formula is C12H17NO3. The fourth-order valence-corrected chi connectivity index (χ4v) is 1.30. The number of benzene rings is 1. The van der Waals surface area contributed by atoms with Gasteiger partial charge in [-0.2, -0.15) is 0 Å². The van der Waals surface area contributed by atoms with Crippen LogP contribution >= 0.6 is 0 Å². The Labute approximate surface area is 95.0 Å². The van der Waals surface area contributed by atoms with E-state index in [0.717, 1.165) is 0 Å². The average molecular weight is 223 g/mol. The highest BCUT2D eigenvalue weighted by molar-refractivity contribution is 5.76. The van der Waals surface area contributed by atoms with Crippen molar-refractivity contribution in [2.75, 3.05) is 0 Å². The van der Waals surface area contributed by atoms with Crippen LogP contribution in [0.15, 0.2) is 30.3 Å². The largest absolute Gasteiger partial charge is 0.462 e. The van der Waals surface area contributed by atoms with E-state index in [4.69, 9.17) is 10.5 Å². The molecule has 0 amide bonds. The molecule has 16 heavy (non-hydrogen) atoms. The van der Waals surface area contributed by atoms with E-state index in [1.54, 1.807) is 38.1 Å². The molecule has 4 heteroatoms. The Morgan fingerprint density at radius 1 is 1.31 bits per heavy atom. The highest BCUT2D eigenvalue weighted by Gasteiger charge is 2.25. The van der Waals surface area contributed by atoms with Gasteiger partial charge < -0.3 is 15.6 Å². The first-order chi connectivity index (χ1) is 7.52. The number of rotatable bonds is 4. The zero-order valence-corrected chi connectivity index (χ0v) is 9.46. The normalized spacial score (nSPS) is 14.6. The molecule has 2 unspecified atom stereocenters. The summed E-state index contributed by atoms with van der Waals surface area (Å²) in [7, 11) is 0. The van der Waals surface area contributed by atoms with Crippen LogP contribution in [0.5, 0.6) is 0 Å². The zero-order chi connectivity index (χ0) is 12.1. The summed E-state index contributed by atoms with van der Waals surface area (Å²) in [5, 5.41) is 9.85. The van der Waals surface area contributed by atoms with E-state index in [-0.39, 0.29) is 6.10 Å². The SMILES string of the molecule is CC(C)OC(=O)C(N)C(O)c1ccccc1. The van der Waals surface area contributed by atoms with Crippen LogP contribution in [-0.4, -0.2) is 23.2 Å². The van der Waals surface area contributed by atoms with Gasteiger partial charge in [0, 0.05) is 0 Å². The van der Waals surface area contributed by atoms with Crippen molar-refractivity contribution in [3.8, 4) is 0 Å². The van der Waals surface area contributed by atoms with Crippen molar-refractivity contribution in [3.63, 3.8) is 0 Å². The number of carbonyl (C=O) groups excluding carboxylic acids is 1. The van der Waals surface area contributed by atoms with Crippen molar-refractivity contribution in [1.82, 2.24) is 0 Å². The van der Waals surface area contributed by atoms with Crippen molar-refractivity contribution in [1.29, 1.82) is 0 Å². The van der Waals surface area contributed by atoms with Crippen molar-refractivity contribution >= 4 is 5.97 Å². The second-order valence-corrected chi connectivity index (χ2v) is 3.87.